The monoisotopic (exact) mass is 607 g/mol. The van der Waals surface area contributed by atoms with Crippen molar-refractivity contribution in [3.8, 4) is 22.8 Å². The molecule has 1 amide bonds. The molecule has 0 atom stereocenters. The summed E-state index contributed by atoms with van der Waals surface area (Å²) in [5, 5.41) is 3.13. The van der Waals surface area contributed by atoms with E-state index in [1.54, 1.807) is 48.5 Å². The molecule has 0 aliphatic carbocycles. The zero-order chi connectivity index (χ0) is 31.0. The molecule has 44 heavy (non-hydrogen) atoms. The van der Waals surface area contributed by atoms with Gasteiger partial charge in [-0.25, -0.2) is 27.5 Å². The number of hydrogen-bond donors (Lipinski definition) is 1. The molecule has 12 heteroatoms. The molecule has 0 unspecified atom stereocenters. The lowest BCUT2D eigenvalue weighted by atomic mass is 10.1. The van der Waals surface area contributed by atoms with Gasteiger partial charge in [-0.15, -0.1) is 0 Å². The van der Waals surface area contributed by atoms with Gasteiger partial charge >= 0.3 is 0 Å². The summed E-state index contributed by atoms with van der Waals surface area (Å²) < 4.78 is 67.7. The fourth-order valence-electron chi connectivity index (χ4n) is 5.52. The lowest BCUT2D eigenvalue weighted by Gasteiger charge is -2.33. The maximum atomic E-state index is 14.8. The van der Waals surface area contributed by atoms with E-state index in [4.69, 9.17) is 9.47 Å². The van der Waals surface area contributed by atoms with E-state index in [2.05, 4.69) is 15.3 Å². The minimum Gasteiger partial charge on any atom is -0.497 e. The number of methoxy groups -OCH3 is 2. The summed E-state index contributed by atoms with van der Waals surface area (Å²) in [7, 11) is 3.07. The summed E-state index contributed by atoms with van der Waals surface area (Å²) >= 11 is 0. The molecular weight excluding hydrogens is 578 g/mol. The molecule has 2 aromatic heterocycles. The number of benzene rings is 2. The zero-order valence-electron chi connectivity index (χ0n) is 24.0. The number of carbonyl (C=O) groups excluding carboxylic acids is 1. The van der Waals surface area contributed by atoms with Gasteiger partial charge in [-0.2, -0.15) is 0 Å². The van der Waals surface area contributed by atoms with E-state index in [0.29, 0.717) is 28.7 Å². The number of hydrogen-bond acceptors (Lipinski definition) is 7. The largest absolute Gasteiger partial charge is 0.497 e. The van der Waals surface area contributed by atoms with Crippen molar-refractivity contribution >= 4 is 23.1 Å². The van der Waals surface area contributed by atoms with Crippen molar-refractivity contribution in [2.24, 2.45) is 0 Å². The Labute approximate surface area is 251 Å². The molecule has 1 fully saturated rings. The molecular formula is C32H29F4N5O3. The molecule has 1 saturated heterocycles. The Hall–Kier alpha value is -4.87. The number of anilines is 3. The van der Waals surface area contributed by atoms with Gasteiger partial charge in [0.2, 0.25) is 0 Å². The van der Waals surface area contributed by atoms with Crippen molar-refractivity contribution in [3.05, 3.63) is 89.2 Å². The first-order valence-corrected chi connectivity index (χ1v) is 14.0. The molecule has 0 bridgehead atoms. The van der Waals surface area contributed by atoms with Gasteiger partial charge in [0.1, 0.15) is 29.0 Å². The molecule has 4 heterocycles. The van der Waals surface area contributed by atoms with E-state index in [-0.39, 0.29) is 67.4 Å². The molecule has 0 radical (unpaired) electrons. The SMILES string of the molecule is COc1ccc(CN2Cc3nc(-c4c(F)cccc4F)cc(Nc4ccc(N5CCC(F)(F)CC5)cn4)c3C2=O)c(OC)c1. The van der Waals surface area contributed by atoms with Crippen LogP contribution < -0.4 is 19.7 Å². The van der Waals surface area contributed by atoms with Crippen LogP contribution >= 0.6 is 0 Å². The van der Waals surface area contributed by atoms with Gasteiger partial charge < -0.3 is 24.6 Å². The summed E-state index contributed by atoms with van der Waals surface area (Å²) in [6, 6.07) is 13.7. The Balaban J connectivity index is 1.33. The number of pyridine rings is 2. The number of nitrogens with one attached hydrogen (secondary N) is 1. The van der Waals surface area contributed by atoms with Crippen LogP contribution in [0, 0.1) is 11.6 Å². The standard InChI is InChI=1S/C32H29F4N5O3/c1-43-21-8-6-19(27(14-21)44-2)17-41-18-26-30(31(41)42)25(15-24(38-26)29-22(33)4-3-5-23(29)34)39-28-9-7-20(16-37-28)40-12-10-32(35,36)11-13-40/h3-9,14-16H,10-13,17-18H2,1-2H3,(H,37,38,39). The Kier molecular flexibility index (Phi) is 7.74. The first-order chi connectivity index (χ1) is 21.2. The number of aromatic nitrogens is 2. The Bertz CT molecular complexity index is 1690. The predicted molar refractivity (Wildman–Crippen MR) is 157 cm³/mol. The summed E-state index contributed by atoms with van der Waals surface area (Å²) in [6.45, 7) is 0.696. The highest BCUT2D eigenvalue weighted by Gasteiger charge is 2.35. The maximum Gasteiger partial charge on any atom is 0.258 e. The number of fused-ring (bicyclic) bond motifs is 1. The van der Waals surface area contributed by atoms with Crippen LogP contribution in [0.15, 0.2) is 60.8 Å². The minimum atomic E-state index is -2.67. The van der Waals surface area contributed by atoms with E-state index in [1.807, 2.05) is 4.90 Å². The summed E-state index contributed by atoms with van der Waals surface area (Å²) in [6.07, 6.45) is 1.10. The van der Waals surface area contributed by atoms with Crippen molar-refractivity contribution in [1.82, 2.24) is 14.9 Å². The Morgan fingerprint density at radius 3 is 2.36 bits per heavy atom. The topological polar surface area (TPSA) is 79.8 Å². The molecule has 8 nitrogen and oxygen atoms in total. The maximum absolute atomic E-state index is 14.8. The number of alkyl halides is 2. The first-order valence-electron chi connectivity index (χ1n) is 14.0. The molecule has 0 spiro atoms. The quantitative estimate of drug-likeness (QED) is 0.227. The van der Waals surface area contributed by atoms with Crippen LogP contribution in [0.5, 0.6) is 11.5 Å². The summed E-state index contributed by atoms with van der Waals surface area (Å²) in [5.41, 5.74) is 2.00. The van der Waals surface area contributed by atoms with Crippen molar-refractivity contribution in [2.45, 2.75) is 31.9 Å². The average Bonchev–Trinajstić information content (AvgIpc) is 3.32. The van der Waals surface area contributed by atoms with Crippen molar-refractivity contribution < 1.29 is 31.8 Å². The number of piperidine rings is 1. The van der Waals surface area contributed by atoms with Crippen LogP contribution in [-0.4, -0.2) is 54.0 Å². The highest BCUT2D eigenvalue weighted by atomic mass is 19.3. The number of nitrogens with zero attached hydrogens (tertiary/aromatic N) is 4. The van der Waals surface area contributed by atoms with Crippen LogP contribution in [0.25, 0.3) is 11.3 Å². The highest BCUT2D eigenvalue weighted by Crippen LogP contribution is 2.37. The van der Waals surface area contributed by atoms with Gasteiger partial charge in [0.15, 0.2) is 0 Å². The molecule has 4 aromatic rings. The van der Waals surface area contributed by atoms with Crippen molar-refractivity contribution in [3.63, 3.8) is 0 Å². The minimum absolute atomic E-state index is 0.0180. The van der Waals surface area contributed by atoms with Crippen LogP contribution in [0.4, 0.5) is 34.8 Å². The second-order valence-electron chi connectivity index (χ2n) is 10.7. The van der Waals surface area contributed by atoms with E-state index >= 15 is 0 Å². The zero-order valence-corrected chi connectivity index (χ0v) is 24.0. The molecule has 1 N–H and O–H groups in total. The molecule has 0 saturated carbocycles. The number of rotatable bonds is 8. The average molecular weight is 608 g/mol. The number of ether oxygens (including phenoxy) is 2. The molecule has 2 aliphatic heterocycles. The molecule has 2 aliphatic rings. The summed E-state index contributed by atoms with van der Waals surface area (Å²) in [5.74, 6) is -3.09. The molecule has 6 rings (SSSR count). The smallest absolute Gasteiger partial charge is 0.258 e. The second kappa shape index (κ2) is 11.7. The number of halogens is 4. The van der Waals surface area contributed by atoms with Crippen LogP contribution in [0.2, 0.25) is 0 Å². The normalized spacial score (nSPS) is 15.7. The van der Waals surface area contributed by atoms with Gasteiger partial charge in [0.05, 0.1) is 67.4 Å². The van der Waals surface area contributed by atoms with Crippen LogP contribution in [-0.2, 0) is 13.1 Å². The van der Waals surface area contributed by atoms with Crippen molar-refractivity contribution in [2.75, 3.05) is 37.5 Å². The predicted octanol–water partition coefficient (Wildman–Crippen LogP) is 6.57. The van der Waals surface area contributed by atoms with Crippen molar-refractivity contribution in [1.29, 1.82) is 0 Å². The van der Waals surface area contributed by atoms with Gasteiger partial charge in [0, 0.05) is 37.6 Å². The third-order valence-electron chi connectivity index (χ3n) is 7.88. The van der Waals surface area contributed by atoms with Crippen LogP contribution in [0.3, 0.4) is 0 Å². The van der Waals surface area contributed by atoms with E-state index in [9.17, 15) is 22.4 Å². The highest BCUT2D eigenvalue weighted by molar-refractivity contribution is 6.04. The molecule has 2 aromatic carbocycles. The van der Waals surface area contributed by atoms with Crippen LogP contribution in [0.1, 0.15) is 34.5 Å². The van der Waals surface area contributed by atoms with Gasteiger partial charge in [-0.05, 0) is 42.5 Å². The van der Waals surface area contributed by atoms with E-state index in [0.717, 1.165) is 17.7 Å². The lowest BCUT2D eigenvalue weighted by Crippen LogP contribution is -2.39. The van der Waals surface area contributed by atoms with Gasteiger partial charge in [0.25, 0.3) is 11.8 Å². The molecule has 228 valence electrons. The van der Waals surface area contributed by atoms with E-state index in [1.165, 1.54) is 19.2 Å². The third kappa shape index (κ3) is 5.71. The lowest BCUT2D eigenvalue weighted by molar-refractivity contribution is -0.0220. The van der Waals surface area contributed by atoms with E-state index < -0.39 is 17.6 Å². The van der Waals surface area contributed by atoms with Gasteiger partial charge in [-0.1, -0.05) is 6.07 Å². The number of amides is 1. The second-order valence-corrected chi connectivity index (χ2v) is 10.7. The third-order valence-corrected chi connectivity index (χ3v) is 7.88. The first kappa shape index (κ1) is 29.2. The Morgan fingerprint density at radius 2 is 1.70 bits per heavy atom. The van der Waals surface area contributed by atoms with Gasteiger partial charge in [-0.3, -0.25) is 4.79 Å². The fraction of sp³-hybridized carbons (Fsp3) is 0.281. The fourth-order valence-corrected chi connectivity index (χ4v) is 5.52. The number of carbonyl (C=O) groups is 1. The Morgan fingerprint density at radius 1 is 0.955 bits per heavy atom. The summed E-state index contributed by atoms with van der Waals surface area (Å²) in [4.78, 5) is 26.1.